The summed E-state index contributed by atoms with van der Waals surface area (Å²) >= 11 is 1.66. The number of carbonyl (C=O) groups is 1. The first-order valence-electron chi connectivity index (χ1n) is 10.2. The zero-order valence-corrected chi connectivity index (χ0v) is 17.5. The topological polar surface area (TPSA) is 58.6 Å². The molecule has 0 saturated carbocycles. The van der Waals surface area contributed by atoms with Crippen molar-refractivity contribution in [3.63, 3.8) is 0 Å². The molecule has 7 heteroatoms. The normalized spacial score (nSPS) is 24.6. The maximum atomic E-state index is 13.8. The summed E-state index contributed by atoms with van der Waals surface area (Å²) in [5.41, 5.74) is 2.55. The van der Waals surface area contributed by atoms with Crippen LogP contribution in [0.5, 0.6) is 0 Å². The molecule has 0 aromatic carbocycles. The molecule has 1 spiro atoms. The highest BCUT2D eigenvalue weighted by Crippen LogP contribution is 2.42. The molecule has 3 aromatic rings. The van der Waals surface area contributed by atoms with Crippen LogP contribution < -0.4 is 0 Å². The first kappa shape index (κ1) is 19.4. The second kappa shape index (κ2) is 8.26. The van der Waals surface area contributed by atoms with Crippen LogP contribution in [0.2, 0.25) is 0 Å². The van der Waals surface area contributed by atoms with Gasteiger partial charge in [0, 0.05) is 63.4 Å². The summed E-state index contributed by atoms with van der Waals surface area (Å²) < 4.78 is 6.35. The van der Waals surface area contributed by atoms with Crippen LogP contribution in [0.25, 0.3) is 0 Å². The Balaban J connectivity index is 1.45. The molecule has 2 atom stereocenters. The molecule has 1 amide bonds. The summed E-state index contributed by atoms with van der Waals surface area (Å²) in [6.45, 7) is 3.91. The smallest absolute Gasteiger partial charge is 0.257 e. The second-order valence-electron chi connectivity index (χ2n) is 7.96. The second-order valence-corrected chi connectivity index (χ2v) is 8.74. The van der Waals surface area contributed by atoms with E-state index in [1.165, 1.54) is 11.1 Å². The Morgan fingerprint density at radius 2 is 2.00 bits per heavy atom. The highest BCUT2D eigenvalue weighted by atomic mass is 32.1. The number of nitrogens with zero attached hydrogens (tertiary/aromatic N) is 4. The van der Waals surface area contributed by atoms with E-state index in [1.54, 1.807) is 17.5 Å². The average Bonchev–Trinajstić information content (AvgIpc) is 3.41. The average molecular weight is 421 g/mol. The van der Waals surface area contributed by atoms with Crippen LogP contribution in [0.1, 0.15) is 22.6 Å². The number of morpholine rings is 1. The lowest BCUT2D eigenvalue weighted by molar-refractivity contribution is -0.173. The molecule has 2 saturated heterocycles. The molecule has 2 aliphatic rings. The third kappa shape index (κ3) is 3.64. The van der Waals surface area contributed by atoms with Gasteiger partial charge < -0.3 is 9.64 Å². The van der Waals surface area contributed by atoms with Crippen LogP contribution in [0.4, 0.5) is 0 Å². The predicted molar refractivity (Wildman–Crippen MR) is 115 cm³/mol. The van der Waals surface area contributed by atoms with Crippen molar-refractivity contribution in [2.24, 2.45) is 0 Å². The van der Waals surface area contributed by atoms with Crippen LogP contribution in [-0.4, -0.2) is 57.5 Å². The quantitative estimate of drug-likeness (QED) is 0.635. The van der Waals surface area contributed by atoms with Crippen molar-refractivity contribution < 1.29 is 9.53 Å². The van der Waals surface area contributed by atoms with Crippen molar-refractivity contribution in [2.75, 3.05) is 26.2 Å². The number of amides is 1. The fourth-order valence-electron chi connectivity index (χ4n) is 4.62. The molecule has 2 fully saturated rings. The van der Waals surface area contributed by atoms with E-state index in [4.69, 9.17) is 4.74 Å². The van der Waals surface area contributed by atoms with E-state index in [0.717, 1.165) is 18.7 Å². The third-order valence-electron chi connectivity index (χ3n) is 6.03. The van der Waals surface area contributed by atoms with Gasteiger partial charge in [-0.3, -0.25) is 19.7 Å². The van der Waals surface area contributed by atoms with E-state index in [0.29, 0.717) is 26.2 Å². The summed E-state index contributed by atoms with van der Waals surface area (Å²) in [5, 5.41) is 4.17. The number of aromatic nitrogens is 2. The van der Waals surface area contributed by atoms with Gasteiger partial charge in [-0.1, -0.05) is 6.07 Å². The fraction of sp³-hybridized carbons (Fsp3) is 0.348. The van der Waals surface area contributed by atoms with E-state index < -0.39 is 5.60 Å². The summed E-state index contributed by atoms with van der Waals surface area (Å²) in [5.74, 6) is 0.0387. The molecule has 30 heavy (non-hydrogen) atoms. The minimum absolute atomic E-state index is 0.0502. The van der Waals surface area contributed by atoms with Crippen molar-refractivity contribution in [3.8, 4) is 0 Å². The first-order valence-corrected chi connectivity index (χ1v) is 11.1. The Hall–Kier alpha value is -2.61. The molecule has 154 valence electrons. The maximum Gasteiger partial charge on any atom is 0.257 e. The molecule has 0 radical (unpaired) electrons. The van der Waals surface area contributed by atoms with E-state index in [2.05, 4.69) is 37.8 Å². The summed E-state index contributed by atoms with van der Waals surface area (Å²) in [6, 6.07) is 10.1. The molecule has 3 aromatic heterocycles. The highest BCUT2D eigenvalue weighted by Gasteiger charge is 2.56. The lowest BCUT2D eigenvalue weighted by Gasteiger charge is -2.42. The van der Waals surface area contributed by atoms with E-state index >= 15 is 0 Å². The zero-order valence-electron chi connectivity index (χ0n) is 16.7. The summed E-state index contributed by atoms with van der Waals surface area (Å²) in [6.07, 6.45) is 7.26. The molecular weight excluding hydrogens is 396 g/mol. The Morgan fingerprint density at radius 3 is 2.77 bits per heavy atom. The van der Waals surface area contributed by atoms with Gasteiger partial charge in [-0.05, 0) is 51.7 Å². The molecule has 0 N–H and O–H groups in total. The Bertz CT molecular complexity index is 983. The molecule has 5 heterocycles. The molecule has 2 unspecified atom stereocenters. The first-order chi connectivity index (χ1) is 14.7. The van der Waals surface area contributed by atoms with Gasteiger partial charge in [0.05, 0.1) is 6.61 Å². The van der Waals surface area contributed by atoms with E-state index in [1.807, 2.05) is 41.7 Å². The minimum Gasteiger partial charge on any atom is -0.361 e. The molecule has 5 rings (SSSR count). The number of ether oxygens (including phenoxy) is 1. The summed E-state index contributed by atoms with van der Waals surface area (Å²) in [4.78, 5) is 26.5. The molecule has 2 aliphatic heterocycles. The Labute approximate surface area is 180 Å². The lowest BCUT2D eigenvalue weighted by Crippen LogP contribution is -2.59. The standard InChI is InChI=1S/C23H24N4O2S/c28-22-23(29-10-9-27(22)14-19-5-11-30-16-19)17-26(13-18-3-7-24-8-4-18)15-21(23)20-2-1-6-25-12-20/h1-8,11-12,16,21H,9-10,13-15,17H2. The van der Waals surface area contributed by atoms with Gasteiger partial charge in [0.2, 0.25) is 0 Å². The van der Waals surface area contributed by atoms with Gasteiger partial charge in [-0.15, -0.1) is 0 Å². The van der Waals surface area contributed by atoms with Gasteiger partial charge in [-0.25, -0.2) is 0 Å². The Morgan fingerprint density at radius 1 is 1.10 bits per heavy atom. The number of thiophene rings is 1. The zero-order chi connectivity index (χ0) is 20.4. The molecule has 0 bridgehead atoms. The van der Waals surface area contributed by atoms with Crippen LogP contribution in [0.3, 0.4) is 0 Å². The monoisotopic (exact) mass is 420 g/mol. The van der Waals surface area contributed by atoms with E-state index in [9.17, 15) is 4.79 Å². The van der Waals surface area contributed by atoms with Crippen molar-refractivity contribution in [1.82, 2.24) is 19.8 Å². The number of carbonyl (C=O) groups excluding carboxylic acids is 1. The minimum atomic E-state index is -0.871. The molecular formula is C23H24N4O2S. The van der Waals surface area contributed by atoms with Crippen molar-refractivity contribution in [1.29, 1.82) is 0 Å². The van der Waals surface area contributed by atoms with E-state index in [-0.39, 0.29) is 11.8 Å². The number of hydrogen-bond donors (Lipinski definition) is 0. The fourth-order valence-corrected chi connectivity index (χ4v) is 5.28. The number of hydrogen-bond acceptors (Lipinski definition) is 6. The van der Waals surface area contributed by atoms with Crippen LogP contribution in [-0.2, 0) is 22.6 Å². The number of likely N-dealkylation sites (tertiary alicyclic amines) is 1. The third-order valence-corrected chi connectivity index (χ3v) is 6.76. The maximum absolute atomic E-state index is 13.8. The Kier molecular flexibility index (Phi) is 5.33. The number of pyridine rings is 2. The summed E-state index contributed by atoms with van der Waals surface area (Å²) in [7, 11) is 0. The van der Waals surface area contributed by atoms with Gasteiger partial charge in [-0.2, -0.15) is 11.3 Å². The van der Waals surface area contributed by atoms with Crippen LogP contribution in [0, 0.1) is 0 Å². The lowest BCUT2D eigenvalue weighted by atomic mass is 9.83. The van der Waals surface area contributed by atoms with Crippen LogP contribution in [0.15, 0.2) is 65.9 Å². The van der Waals surface area contributed by atoms with Crippen molar-refractivity contribution in [2.45, 2.75) is 24.6 Å². The van der Waals surface area contributed by atoms with Crippen molar-refractivity contribution >= 4 is 17.2 Å². The SMILES string of the molecule is O=C1N(Cc2ccsc2)CCOC12CN(Cc1ccncc1)CC2c1cccnc1. The van der Waals surface area contributed by atoms with Gasteiger partial charge in [0.15, 0.2) is 5.60 Å². The van der Waals surface area contributed by atoms with Gasteiger partial charge in [0.25, 0.3) is 5.91 Å². The van der Waals surface area contributed by atoms with Crippen molar-refractivity contribution in [3.05, 3.63) is 82.6 Å². The van der Waals surface area contributed by atoms with Gasteiger partial charge >= 0.3 is 0 Å². The van der Waals surface area contributed by atoms with Gasteiger partial charge in [0.1, 0.15) is 0 Å². The molecule has 0 aliphatic carbocycles. The van der Waals surface area contributed by atoms with Crippen LogP contribution >= 0.6 is 11.3 Å². The predicted octanol–water partition coefficient (Wildman–Crippen LogP) is 2.94. The molecule has 6 nitrogen and oxygen atoms in total. The largest absolute Gasteiger partial charge is 0.361 e. The highest BCUT2D eigenvalue weighted by molar-refractivity contribution is 7.07. The number of rotatable bonds is 5.